The molecule has 208 valence electrons. The number of fused-ring (bicyclic) bond motifs is 1. The average molecular weight is 553 g/mol. The van der Waals surface area contributed by atoms with E-state index in [9.17, 15) is 4.79 Å². The number of nitrogens with two attached hydrogens (primary N) is 1. The number of halogens is 1. The van der Waals surface area contributed by atoms with E-state index in [1.807, 2.05) is 6.33 Å². The van der Waals surface area contributed by atoms with E-state index in [2.05, 4.69) is 15.2 Å². The summed E-state index contributed by atoms with van der Waals surface area (Å²) in [5.74, 6) is 1.90. The summed E-state index contributed by atoms with van der Waals surface area (Å²) in [5, 5.41) is 7.84. The zero-order valence-electron chi connectivity index (χ0n) is 22.2. The largest absolute Gasteiger partial charge is 0.415 e. The smallest absolute Gasteiger partial charge is 0.410 e. The summed E-state index contributed by atoms with van der Waals surface area (Å²) in [5.41, 5.74) is 7.82. The minimum Gasteiger partial charge on any atom is -0.410 e. The number of carbonyl (C=O) groups is 1. The molecule has 3 heterocycles. The molecule has 39 heavy (non-hydrogen) atoms. The maximum Gasteiger partial charge on any atom is 0.415 e. The van der Waals surface area contributed by atoms with Gasteiger partial charge in [0.05, 0.1) is 6.33 Å². The van der Waals surface area contributed by atoms with Gasteiger partial charge in [-0.05, 0) is 75.6 Å². The van der Waals surface area contributed by atoms with E-state index in [1.165, 1.54) is 12.8 Å². The van der Waals surface area contributed by atoms with Crippen LogP contribution in [-0.2, 0) is 0 Å². The maximum atomic E-state index is 12.7. The van der Waals surface area contributed by atoms with E-state index in [0.29, 0.717) is 47.9 Å². The van der Waals surface area contributed by atoms with Gasteiger partial charge in [0.15, 0.2) is 17.0 Å². The van der Waals surface area contributed by atoms with Crippen LogP contribution in [0.25, 0.3) is 11.2 Å². The number of hydrogen-bond acceptors (Lipinski definition) is 8. The predicted molar refractivity (Wildman–Crippen MR) is 152 cm³/mol. The van der Waals surface area contributed by atoms with Crippen molar-refractivity contribution in [3.8, 4) is 5.75 Å². The zero-order valence-corrected chi connectivity index (χ0v) is 22.9. The van der Waals surface area contributed by atoms with Gasteiger partial charge >= 0.3 is 6.09 Å². The van der Waals surface area contributed by atoms with Crippen molar-refractivity contribution in [2.24, 2.45) is 5.73 Å². The highest BCUT2D eigenvalue weighted by Gasteiger charge is 2.27. The third-order valence-electron chi connectivity index (χ3n) is 8.36. The number of benzene rings is 1. The van der Waals surface area contributed by atoms with Crippen LogP contribution in [-0.4, -0.2) is 61.7 Å². The number of aromatic nitrogens is 4. The Labute approximate surface area is 233 Å². The molecule has 2 saturated carbocycles. The lowest BCUT2D eigenvalue weighted by molar-refractivity contribution is 0.140. The van der Waals surface area contributed by atoms with Gasteiger partial charge in [0.2, 0.25) is 5.95 Å². The van der Waals surface area contributed by atoms with Gasteiger partial charge in [-0.3, -0.25) is 0 Å². The van der Waals surface area contributed by atoms with E-state index in [-0.39, 0.29) is 12.1 Å². The van der Waals surface area contributed by atoms with E-state index >= 15 is 0 Å². The summed E-state index contributed by atoms with van der Waals surface area (Å²) in [6, 6.07) is 8.05. The van der Waals surface area contributed by atoms with Crippen molar-refractivity contribution in [3.05, 3.63) is 35.6 Å². The molecule has 0 unspecified atom stereocenters. The molecule has 0 bridgehead atoms. The van der Waals surface area contributed by atoms with Gasteiger partial charge in [-0.2, -0.15) is 9.97 Å². The molecule has 10 nitrogen and oxygen atoms in total. The molecule has 1 amide bonds. The Kier molecular flexibility index (Phi) is 7.74. The third-order valence-corrected chi connectivity index (χ3v) is 8.61. The highest BCUT2D eigenvalue weighted by Crippen LogP contribution is 2.34. The average Bonchev–Trinajstić information content (AvgIpc) is 3.62. The summed E-state index contributed by atoms with van der Waals surface area (Å²) in [6.45, 7) is 1.20. The van der Waals surface area contributed by atoms with E-state index < -0.39 is 0 Å². The molecule has 1 saturated heterocycles. The molecule has 1 aromatic carbocycles. The Bertz CT molecular complexity index is 1280. The molecule has 4 N–H and O–H groups in total. The summed E-state index contributed by atoms with van der Waals surface area (Å²) >= 11 is 5.93. The lowest BCUT2D eigenvalue weighted by Gasteiger charge is -2.32. The summed E-state index contributed by atoms with van der Waals surface area (Å²) in [7, 11) is 0. The standard InChI is InChI=1S/C28H37ClN8O2/c29-18-5-11-23(12-6-18)39-28(38)36-15-13-21(14-16-36)32-25-24-26(37(17-31-24)22-3-1-2-4-22)35-27(34-25)33-20-9-7-19(30)8-10-20/h5-6,11-12,17,19-22H,1-4,7-10,13-16,30H2,(H2,32,33,34,35). The van der Waals surface area contributed by atoms with E-state index in [0.717, 1.165) is 68.3 Å². The zero-order chi connectivity index (χ0) is 26.8. The van der Waals surface area contributed by atoms with Crippen LogP contribution in [0, 0.1) is 0 Å². The van der Waals surface area contributed by atoms with Crippen LogP contribution in [0.15, 0.2) is 30.6 Å². The second-order valence-corrected chi connectivity index (χ2v) is 11.6. The minimum absolute atomic E-state index is 0.167. The number of carbonyl (C=O) groups excluding carboxylic acids is 1. The van der Waals surface area contributed by atoms with Crippen molar-refractivity contribution >= 4 is 40.6 Å². The Morgan fingerprint density at radius 3 is 2.33 bits per heavy atom. The number of nitrogens with zero attached hydrogens (tertiary/aromatic N) is 5. The Hall–Kier alpha value is -3.11. The summed E-state index contributed by atoms with van der Waals surface area (Å²) in [4.78, 5) is 29.0. The van der Waals surface area contributed by atoms with Crippen molar-refractivity contribution < 1.29 is 9.53 Å². The molecule has 0 spiro atoms. The van der Waals surface area contributed by atoms with Gasteiger partial charge in [0, 0.05) is 42.3 Å². The Morgan fingerprint density at radius 1 is 0.923 bits per heavy atom. The third kappa shape index (κ3) is 6.06. The number of ether oxygens (including phenoxy) is 1. The first-order chi connectivity index (χ1) is 19.0. The highest BCUT2D eigenvalue weighted by atomic mass is 35.5. The molecule has 0 radical (unpaired) electrons. The predicted octanol–water partition coefficient (Wildman–Crippen LogP) is 5.35. The first-order valence-corrected chi connectivity index (χ1v) is 14.6. The molecular formula is C28H37ClN8O2. The van der Waals surface area contributed by atoms with Crippen LogP contribution >= 0.6 is 11.6 Å². The van der Waals surface area contributed by atoms with Crippen molar-refractivity contribution in [3.63, 3.8) is 0 Å². The number of rotatable bonds is 6. The second-order valence-electron chi connectivity index (χ2n) is 11.1. The molecule has 11 heteroatoms. The lowest BCUT2D eigenvalue weighted by Crippen LogP contribution is -2.43. The van der Waals surface area contributed by atoms with Crippen molar-refractivity contribution in [2.45, 2.75) is 88.4 Å². The quantitative estimate of drug-likeness (QED) is 0.374. The van der Waals surface area contributed by atoms with Crippen LogP contribution < -0.4 is 21.1 Å². The number of likely N-dealkylation sites (tertiary alicyclic amines) is 1. The van der Waals surface area contributed by atoms with Crippen molar-refractivity contribution in [1.29, 1.82) is 0 Å². The first kappa shape index (κ1) is 26.1. The van der Waals surface area contributed by atoms with Crippen molar-refractivity contribution in [2.75, 3.05) is 23.7 Å². The van der Waals surface area contributed by atoms with E-state index in [1.54, 1.807) is 29.2 Å². The summed E-state index contributed by atoms with van der Waals surface area (Å²) in [6.07, 6.45) is 12.1. The number of anilines is 2. The van der Waals surface area contributed by atoms with Crippen LogP contribution in [0.5, 0.6) is 5.75 Å². The normalized spacial score (nSPS) is 22.8. The van der Waals surface area contributed by atoms with Gasteiger partial charge in [-0.25, -0.2) is 9.78 Å². The molecule has 2 aliphatic carbocycles. The van der Waals surface area contributed by atoms with Gasteiger partial charge in [0.1, 0.15) is 5.75 Å². The van der Waals surface area contributed by atoms with Crippen LogP contribution in [0.4, 0.5) is 16.6 Å². The first-order valence-electron chi connectivity index (χ1n) is 14.3. The molecule has 3 aromatic rings. The SMILES string of the molecule is NC1CCC(Nc2nc(NC3CCN(C(=O)Oc4ccc(Cl)cc4)CC3)c3ncn(C4CCCC4)c3n2)CC1. The number of piperidine rings is 1. The van der Waals surface area contributed by atoms with Crippen LogP contribution in [0.1, 0.15) is 70.3 Å². The molecule has 1 aliphatic heterocycles. The number of nitrogens with one attached hydrogen (secondary N) is 2. The maximum absolute atomic E-state index is 12.7. The van der Waals surface area contributed by atoms with Crippen LogP contribution in [0.2, 0.25) is 5.02 Å². The minimum atomic E-state index is -0.339. The van der Waals surface area contributed by atoms with Crippen molar-refractivity contribution in [1.82, 2.24) is 24.4 Å². The molecule has 2 aromatic heterocycles. The number of amides is 1. The fourth-order valence-corrected chi connectivity index (χ4v) is 6.17. The Balaban J connectivity index is 1.15. The number of imidazole rings is 1. The molecule has 0 atom stereocenters. The molecule has 3 aliphatic rings. The number of hydrogen-bond donors (Lipinski definition) is 3. The van der Waals surface area contributed by atoms with Crippen LogP contribution in [0.3, 0.4) is 0 Å². The van der Waals surface area contributed by atoms with E-state index in [4.69, 9.17) is 37.0 Å². The topological polar surface area (TPSA) is 123 Å². The van der Waals surface area contributed by atoms with Gasteiger partial charge < -0.3 is 30.6 Å². The second kappa shape index (κ2) is 11.6. The fraction of sp³-hybridized carbons (Fsp3) is 0.571. The Morgan fingerprint density at radius 2 is 1.62 bits per heavy atom. The highest BCUT2D eigenvalue weighted by molar-refractivity contribution is 6.30. The lowest BCUT2D eigenvalue weighted by atomic mass is 9.92. The summed E-state index contributed by atoms with van der Waals surface area (Å²) < 4.78 is 7.77. The van der Waals surface area contributed by atoms with Gasteiger partial charge in [-0.15, -0.1) is 0 Å². The van der Waals surface area contributed by atoms with Gasteiger partial charge in [-0.1, -0.05) is 24.4 Å². The molecule has 6 rings (SSSR count). The molecule has 3 fully saturated rings. The van der Waals surface area contributed by atoms with Gasteiger partial charge in [0.25, 0.3) is 0 Å². The fourth-order valence-electron chi connectivity index (χ4n) is 6.05. The molecular weight excluding hydrogens is 516 g/mol. The monoisotopic (exact) mass is 552 g/mol.